The molecule has 0 unspecified atom stereocenters. The highest BCUT2D eigenvalue weighted by molar-refractivity contribution is 6.31. The summed E-state index contributed by atoms with van der Waals surface area (Å²) in [5, 5.41) is 0.499. The zero-order chi connectivity index (χ0) is 13.5. The predicted octanol–water partition coefficient (Wildman–Crippen LogP) is 2.76. The van der Waals surface area contributed by atoms with Crippen molar-refractivity contribution in [2.45, 2.75) is 13.8 Å². The minimum Gasteiger partial charge on any atom is -0.326 e. The fourth-order valence-corrected chi connectivity index (χ4v) is 2.32. The first kappa shape index (κ1) is 12.9. The van der Waals surface area contributed by atoms with E-state index in [0.29, 0.717) is 17.3 Å². The van der Waals surface area contributed by atoms with Crippen LogP contribution in [0.5, 0.6) is 0 Å². The molecule has 1 fully saturated rings. The summed E-state index contributed by atoms with van der Waals surface area (Å²) in [6.07, 6.45) is 0. The zero-order valence-electron chi connectivity index (χ0n) is 10.6. The zero-order valence-corrected chi connectivity index (χ0v) is 11.4. The summed E-state index contributed by atoms with van der Waals surface area (Å²) in [5.74, 6) is -0.201. The Balaban J connectivity index is 2.46. The number of hydrogen-bond acceptors (Lipinski definition) is 2. The lowest BCUT2D eigenvalue weighted by Gasteiger charge is -2.40. The van der Waals surface area contributed by atoms with Gasteiger partial charge in [-0.2, -0.15) is 0 Å². The van der Waals surface area contributed by atoms with Gasteiger partial charge in [0.2, 0.25) is 5.91 Å². The van der Waals surface area contributed by atoms with Crippen LogP contribution in [-0.4, -0.2) is 30.4 Å². The summed E-state index contributed by atoms with van der Waals surface area (Å²) in [6.45, 7) is 4.08. The number of amides is 3. The van der Waals surface area contributed by atoms with Crippen molar-refractivity contribution in [2.24, 2.45) is 5.41 Å². The van der Waals surface area contributed by atoms with E-state index in [-0.39, 0.29) is 11.9 Å². The number of nitrogens with zero attached hydrogens (tertiary/aromatic N) is 2. The maximum atomic E-state index is 12.4. The Labute approximate surface area is 111 Å². The molecule has 0 aromatic heterocycles. The maximum Gasteiger partial charge on any atom is 0.331 e. The molecular formula is C13H15ClN2O2. The number of imide groups is 1. The second-order valence-electron chi connectivity index (χ2n) is 5.14. The van der Waals surface area contributed by atoms with Gasteiger partial charge in [0.15, 0.2) is 0 Å². The highest BCUT2D eigenvalue weighted by atomic mass is 35.5. The summed E-state index contributed by atoms with van der Waals surface area (Å²) >= 11 is 5.90. The molecule has 5 heteroatoms. The molecule has 0 radical (unpaired) electrons. The number of urea groups is 1. The number of hydrogen-bond donors (Lipinski definition) is 0. The normalized spacial score (nSPS) is 19.3. The molecule has 4 nitrogen and oxygen atoms in total. The van der Waals surface area contributed by atoms with Crippen LogP contribution in [0.2, 0.25) is 5.02 Å². The first-order valence-electron chi connectivity index (χ1n) is 5.68. The topological polar surface area (TPSA) is 40.6 Å². The van der Waals surface area contributed by atoms with Crippen molar-refractivity contribution in [3.8, 4) is 0 Å². The van der Waals surface area contributed by atoms with Crippen LogP contribution in [0.15, 0.2) is 24.3 Å². The van der Waals surface area contributed by atoms with Gasteiger partial charge < -0.3 is 4.90 Å². The average molecular weight is 267 g/mol. The molecule has 3 amide bonds. The van der Waals surface area contributed by atoms with Gasteiger partial charge in [0.05, 0.1) is 11.1 Å². The Morgan fingerprint density at radius 1 is 1.28 bits per heavy atom. The molecule has 1 aliphatic heterocycles. The van der Waals surface area contributed by atoms with Crippen LogP contribution < -0.4 is 4.90 Å². The molecule has 0 aliphatic carbocycles. The van der Waals surface area contributed by atoms with Crippen LogP contribution in [0, 0.1) is 5.41 Å². The number of benzene rings is 1. The molecule has 2 rings (SSSR count). The molecule has 0 saturated carbocycles. The summed E-state index contributed by atoms with van der Waals surface area (Å²) in [4.78, 5) is 27.2. The van der Waals surface area contributed by atoms with E-state index < -0.39 is 5.41 Å². The largest absolute Gasteiger partial charge is 0.331 e. The van der Waals surface area contributed by atoms with Crippen LogP contribution in [0.3, 0.4) is 0 Å². The molecule has 0 atom stereocenters. The van der Waals surface area contributed by atoms with Crippen LogP contribution >= 0.6 is 11.6 Å². The van der Waals surface area contributed by atoms with Crippen molar-refractivity contribution >= 4 is 29.2 Å². The molecule has 1 aliphatic rings. The van der Waals surface area contributed by atoms with E-state index in [4.69, 9.17) is 11.6 Å². The molecular weight excluding hydrogens is 252 g/mol. The third-order valence-electron chi connectivity index (χ3n) is 3.00. The Kier molecular flexibility index (Phi) is 3.07. The smallest absolute Gasteiger partial charge is 0.326 e. The third kappa shape index (κ3) is 2.08. The summed E-state index contributed by atoms with van der Waals surface area (Å²) in [5.41, 5.74) is -0.0811. The lowest BCUT2D eigenvalue weighted by molar-refractivity contribution is -0.127. The van der Waals surface area contributed by atoms with Gasteiger partial charge in [0.1, 0.15) is 0 Å². The van der Waals surface area contributed by atoms with Gasteiger partial charge in [-0.1, -0.05) is 17.7 Å². The predicted molar refractivity (Wildman–Crippen MR) is 70.7 cm³/mol. The highest BCUT2D eigenvalue weighted by Gasteiger charge is 2.43. The molecule has 0 N–H and O–H groups in total. The fourth-order valence-electron chi connectivity index (χ4n) is 2.13. The van der Waals surface area contributed by atoms with Gasteiger partial charge in [-0.3, -0.25) is 4.79 Å². The van der Waals surface area contributed by atoms with Crippen LogP contribution in [0.1, 0.15) is 13.8 Å². The Hall–Kier alpha value is -1.55. The standard InChI is InChI=1S/C13H15ClN2O2/c1-13(2)8-15(3)12(18)16(11(13)17)10-6-4-5-9(14)7-10/h4-7H,8H2,1-3H3. The maximum absolute atomic E-state index is 12.4. The minimum atomic E-state index is -0.592. The van der Waals surface area contributed by atoms with Gasteiger partial charge in [-0.15, -0.1) is 0 Å². The SMILES string of the molecule is CN1CC(C)(C)C(=O)N(c2cccc(Cl)c2)C1=O. The third-order valence-corrected chi connectivity index (χ3v) is 3.23. The van der Waals surface area contributed by atoms with Crippen molar-refractivity contribution in [3.63, 3.8) is 0 Å². The molecule has 1 heterocycles. The lowest BCUT2D eigenvalue weighted by atomic mass is 9.89. The highest BCUT2D eigenvalue weighted by Crippen LogP contribution is 2.31. The number of halogens is 1. The van der Waals surface area contributed by atoms with Gasteiger partial charge in [-0.25, -0.2) is 9.69 Å². The van der Waals surface area contributed by atoms with Crippen LogP contribution in [-0.2, 0) is 4.79 Å². The van der Waals surface area contributed by atoms with Crippen molar-refractivity contribution in [1.29, 1.82) is 0 Å². The lowest BCUT2D eigenvalue weighted by Crippen LogP contribution is -2.59. The second kappa shape index (κ2) is 4.28. The average Bonchev–Trinajstić information content (AvgIpc) is 2.27. The van der Waals surface area contributed by atoms with E-state index >= 15 is 0 Å². The fraction of sp³-hybridized carbons (Fsp3) is 0.385. The van der Waals surface area contributed by atoms with Crippen molar-refractivity contribution in [3.05, 3.63) is 29.3 Å². The number of carbonyl (C=O) groups is 2. The second-order valence-corrected chi connectivity index (χ2v) is 5.58. The van der Waals surface area contributed by atoms with E-state index in [0.717, 1.165) is 0 Å². The summed E-state index contributed by atoms with van der Waals surface area (Å²) < 4.78 is 0. The number of anilines is 1. The quantitative estimate of drug-likeness (QED) is 0.784. The molecule has 1 aromatic rings. The van der Waals surface area contributed by atoms with Gasteiger partial charge in [0, 0.05) is 18.6 Å². The van der Waals surface area contributed by atoms with Crippen molar-refractivity contribution < 1.29 is 9.59 Å². The van der Waals surface area contributed by atoms with E-state index in [1.807, 2.05) is 13.8 Å². The minimum absolute atomic E-state index is 0.201. The van der Waals surface area contributed by atoms with Gasteiger partial charge >= 0.3 is 6.03 Å². The van der Waals surface area contributed by atoms with Gasteiger partial charge in [0.25, 0.3) is 0 Å². The number of rotatable bonds is 1. The van der Waals surface area contributed by atoms with Crippen LogP contribution in [0.25, 0.3) is 0 Å². The molecule has 1 saturated heterocycles. The molecule has 0 spiro atoms. The first-order valence-corrected chi connectivity index (χ1v) is 6.06. The van der Waals surface area contributed by atoms with Crippen LogP contribution in [0.4, 0.5) is 10.5 Å². The molecule has 1 aromatic carbocycles. The molecule has 0 bridgehead atoms. The number of carbonyl (C=O) groups excluding carboxylic acids is 2. The summed E-state index contributed by atoms with van der Waals surface area (Å²) in [6, 6.07) is 6.43. The van der Waals surface area contributed by atoms with E-state index in [2.05, 4.69) is 0 Å². The van der Waals surface area contributed by atoms with E-state index in [1.165, 1.54) is 4.90 Å². The summed E-state index contributed by atoms with van der Waals surface area (Å²) in [7, 11) is 1.69. The molecule has 96 valence electrons. The van der Waals surface area contributed by atoms with Gasteiger partial charge in [-0.05, 0) is 32.0 Å². The Bertz CT molecular complexity index is 513. The van der Waals surface area contributed by atoms with Crippen molar-refractivity contribution in [1.82, 2.24) is 4.90 Å². The first-order chi connectivity index (χ1) is 8.33. The Morgan fingerprint density at radius 3 is 2.56 bits per heavy atom. The van der Waals surface area contributed by atoms with E-state index in [1.54, 1.807) is 36.2 Å². The monoisotopic (exact) mass is 266 g/mol. The van der Waals surface area contributed by atoms with E-state index in [9.17, 15) is 9.59 Å². The molecule has 18 heavy (non-hydrogen) atoms. The Morgan fingerprint density at radius 2 is 1.94 bits per heavy atom. The van der Waals surface area contributed by atoms with Crippen molar-refractivity contribution in [2.75, 3.05) is 18.5 Å².